The predicted octanol–water partition coefficient (Wildman–Crippen LogP) is 3.99. The van der Waals surface area contributed by atoms with Crippen molar-refractivity contribution in [2.45, 2.75) is 51.4 Å². The zero-order valence-electron chi connectivity index (χ0n) is 18.3. The lowest BCUT2D eigenvalue weighted by atomic mass is 10.2. The van der Waals surface area contributed by atoms with Gasteiger partial charge in [-0.15, -0.1) is 0 Å². The summed E-state index contributed by atoms with van der Waals surface area (Å²) in [4.78, 5) is 29.3. The third-order valence-electron chi connectivity index (χ3n) is 5.89. The van der Waals surface area contributed by atoms with Gasteiger partial charge in [0.1, 0.15) is 0 Å². The zero-order valence-corrected chi connectivity index (χ0v) is 18.3. The first-order valence-corrected chi connectivity index (χ1v) is 11.5. The fourth-order valence-electron chi connectivity index (χ4n) is 4.15. The minimum atomic E-state index is -0.417. The minimum absolute atomic E-state index is 0.00390. The van der Waals surface area contributed by atoms with Crippen LogP contribution in [0.1, 0.15) is 56.9 Å². The Morgan fingerprint density at radius 1 is 0.844 bits per heavy atom. The molecule has 0 radical (unpaired) electrons. The van der Waals surface area contributed by atoms with Crippen LogP contribution in [0.15, 0.2) is 29.4 Å². The summed E-state index contributed by atoms with van der Waals surface area (Å²) in [6.07, 6.45) is 10.9. The number of nitro benzene ring substituents is 1. The maximum atomic E-state index is 11.2. The highest BCUT2D eigenvalue weighted by Crippen LogP contribution is 2.22. The van der Waals surface area contributed by atoms with Crippen LogP contribution in [0, 0.1) is 10.1 Å². The van der Waals surface area contributed by atoms with Gasteiger partial charge >= 0.3 is 0 Å². The van der Waals surface area contributed by atoms with Crippen LogP contribution in [0.3, 0.4) is 0 Å². The maximum absolute atomic E-state index is 11.2. The quantitative estimate of drug-likeness (QED) is 0.409. The van der Waals surface area contributed by atoms with Crippen LogP contribution in [0.25, 0.3) is 0 Å². The molecule has 170 valence electrons. The second kappa shape index (κ2) is 10.8. The van der Waals surface area contributed by atoms with Gasteiger partial charge in [0.25, 0.3) is 5.69 Å². The van der Waals surface area contributed by atoms with Crippen molar-refractivity contribution >= 4 is 29.7 Å². The molecule has 32 heavy (non-hydrogen) atoms. The number of aromatic nitrogens is 3. The predicted molar refractivity (Wildman–Crippen MR) is 126 cm³/mol. The summed E-state index contributed by atoms with van der Waals surface area (Å²) in [5.41, 5.74) is 3.30. The van der Waals surface area contributed by atoms with Crippen LogP contribution in [-0.2, 0) is 0 Å². The highest BCUT2D eigenvalue weighted by atomic mass is 16.6. The zero-order chi connectivity index (χ0) is 22.2. The van der Waals surface area contributed by atoms with E-state index in [-0.39, 0.29) is 5.69 Å². The van der Waals surface area contributed by atoms with Crippen molar-refractivity contribution in [2.24, 2.45) is 5.10 Å². The molecule has 4 rings (SSSR count). The molecule has 0 unspecified atom stereocenters. The normalized spacial score (nSPS) is 17.8. The Bertz CT molecular complexity index is 897. The first kappa shape index (κ1) is 21.9. The first-order valence-electron chi connectivity index (χ1n) is 11.5. The van der Waals surface area contributed by atoms with E-state index in [2.05, 4.69) is 30.3 Å². The van der Waals surface area contributed by atoms with Crippen LogP contribution < -0.4 is 15.2 Å². The molecule has 0 atom stereocenters. The summed E-state index contributed by atoms with van der Waals surface area (Å²) >= 11 is 0. The van der Waals surface area contributed by atoms with E-state index in [4.69, 9.17) is 4.98 Å². The Balaban J connectivity index is 1.59. The number of nitrogens with zero attached hydrogens (tertiary/aromatic N) is 7. The van der Waals surface area contributed by atoms with Crippen molar-refractivity contribution in [3.63, 3.8) is 0 Å². The number of nitrogens with one attached hydrogen (secondary N) is 1. The highest BCUT2D eigenvalue weighted by molar-refractivity contribution is 5.85. The van der Waals surface area contributed by atoms with Gasteiger partial charge in [0.15, 0.2) is 0 Å². The van der Waals surface area contributed by atoms with E-state index in [0.29, 0.717) is 23.4 Å². The molecule has 0 aliphatic carbocycles. The summed E-state index contributed by atoms with van der Waals surface area (Å²) in [6, 6.07) is 6.49. The minimum Gasteiger partial charge on any atom is -0.341 e. The molecule has 0 spiro atoms. The third-order valence-corrected chi connectivity index (χ3v) is 5.89. The molecule has 10 nitrogen and oxygen atoms in total. The van der Waals surface area contributed by atoms with Gasteiger partial charge in [-0.05, 0) is 31.7 Å². The Kier molecular flexibility index (Phi) is 7.42. The van der Waals surface area contributed by atoms with Gasteiger partial charge in [-0.2, -0.15) is 20.1 Å². The van der Waals surface area contributed by atoms with E-state index >= 15 is 0 Å². The van der Waals surface area contributed by atoms with Crippen molar-refractivity contribution in [3.8, 4) is 0 Å². The lowest BCUT2D eigenvalue weighted by Crippen LogP contribution is -2.30. The van der Waals surface area contributed by atoms with Crippen LogP contribution in [-0.4, -0.2) is 52.3 Å². The molecule has 2 aliphatic rings. The number of rotatable bonds is 6. The van der Waals surface area contributed by atoms with E-state index in [1.165, 1.54) is 38.0 Å². The summed E-state index contributed by atoms with van der Waals surface area (Å²) in [5.74, 6) is 1.70. The van der Waals surface area contributed by atoms with Crippen LogP contribution in [0.5, 0.6) is 0 Å². The lowest BCUT2D eigenvalue weighted by Gasteiger charge is -2.24. The molecule has 3 heterocycles. The highest BCUT2D eigenvalue weighted by Gasteiger charge is 2.19. The average Bonchev–Trinajstić information content (AvgIpc) is 3.25. The largest absolute Gasteiger partial charge is 0.341 e. The second-order valence-corrected chi connectivity index (χ2v) is 8.25. The number of hydrazone groups is 1. The average molecular weight is 439 g/mol. The number of para-hydroxylation sites is 1. The number of hydrogen-bond donors (Lipinski definition) is 1. The van der Waals surface area contributed by atoms with Crippen molar-refractivity contribution in [2.75, 3.05) is 41.4 Å². The van der Waals surface area contributed by atoms with Gasteiger partial charge in [-0.3, -0.25) is 10.1 Å². The smallest absolute Gasteiger partial charge is 0.278 e. The molecule has 2 fully saturated rings. The molecule has 2 saturated heterocycles. The van der Waals surface area contributed by atoms with Crippen molar-refractivity contribution in [1.82, 2.24) is 15.0 Å². The van der Waals surface area contributed by atoms with Crippen LogP contribution in [0.4, 0.5) is 23.5 Å². The van der Waals surface area contributed by atoms with Crippen molar-refractivity contribution in [3.05, 3.63) is 39.9 Å². The van der Waals surface area contributed by atoms with Gasteiger partial charge in [0.2, 0.25) is 17.8 Å². The molecule has 1 aromatic heterocycles. The molecule has 0 amide bonds. The molecular formula is C22H30N8O2. The van der Waals surface area contributed by atoms with Gasteiger partial charge in [-0.25, -0.2) is 5.43 Å². The topological polar surface area (TPSA) is 113 Å². The van der Waals surface area contributed by atoms with Crippen LogP contribution in [0.2, 0.25) is 0 Å². The number of benzene rings is 1. The Morgan fingerprint density at radius 3 is 1.91 bits per heavy atom. The van der Waals surface area contributed by atoms with E-state index in [1.54, 1.807) is 18.2 Å². The SMILES string of the molecule is O=[N+]([O-])c1ccccc1/C=N/Nc1nc(N2CCCCCC2)nc(N2CCCCCC2)n1. The Morgan fingerprint density at radius 2 is 1.38 bits per heavy atom. The van der Waals surface area contributed by atoms with Gasteiger partial charge in [0.05, 0.1) is 16.7 Å². The van der Waals surface area contributed by atoms with Crippen molar-refractivity contribution < 1.29 is 4.92 Å². The van der Waals surface area contributed by atoms with Gasteiger partial charge in [-0.1, -0.05) is 37.8 Å². The Labute approximate surface area is 187 Å². The third kappa shape index (κ3) is 5.68. The maximum Gasteiger partial charge on any atom is 0.278 e. The number of anilines is 3. The molecule has 1 N–H and O–H groups in total. The second-order valence-electron chi connectivity index (χ2n) is 8.25. The van der Waals surface area contributed by atoms with E-state index in [1.807, 2.05) is 0 Å². The molecular weight excluding hydrogens is 408 g/mol. The molecule has 10 heteroatoms. The molecule has 2 aliphatic heterocycles. The van der Waals surface area contributed by atoms with Crippen molar-refractivity contribution in [1.29, 1.82) is 0 Å². The fraction of sp³-hybridized carbons (Fsp3) is 0.545. The van der Waals surface area contributed by atoms with E-state index < -0.39 is 4.92 Å². The van der Waals surface area contributed by atoms with Gasteiger partial charge < -0.3 is 9.80 Å². The monoisotopic (exact) mass is 438 g/mol. The van der Waals surface area contributed by atoms with E-state index in [0.717, 1.165) is 51.9 Å². The standard InChI is InChI=1S/C22H30N8O2/c31-30(32)19-12-6-5-11-18(19)17-23-27-20-24-21(28-13-7-1-2-8-14-28)26-22(25-20)29-15-9-3-4-10-16-29/h5-6,11-12,17H,1-4,7-10,13-16H2,(H,24,25,26,27)/b23-17+. The molecule has 2 aromatic rings. The first-order chi connectivity index (χ1) is 15.7. The number of hydrogen-bond acceptors (Lipinski definition) is 9. The summed E-state index contributed by atoms with van der Waals surface area (Å²) in [7, 11) is 0. The lowest BCUT2D eigenvalue weighted by molar-refractivity contribution is -0.385. The fourth-order valence-corrected chi connectivity index (χ4v) is 4.15. The Hall–Kier alpha value is -3.30. The van der Waals surface area contributed by atoms with E-state index in [9.17, 15) is 10.1 Å². The number of nitro groups is 1. The molecule has 0 bridgehead atoms. The summed E-state index contributed by atoms with van der Waals surface area (Å²) < 4.78 is 0. The summed E-state index contributed by atoms with van der Waals surface area (Å²) in [5, 5.41) is 15.4. The van der Waals surface area contributed by atoms with Gasteiger partial charge in [0, 0.05) is 32.2 Å². The molecule has 0 saturated carbocycles. The molecule has 1 aromatic carbocycles. The van der Waals surface area contributed by atoms with Crippen LogP contribution >= 0.6 is 0 Å². The summed E-state index contributed by atoms with van der Waals surface area (Å²) in [6.45, 7) is 3.73.